The molecule has 0 bridgehead atoms. The highest BCUT2D eigenvalue weighted by Gasteiger charge is 2.18. The van der Waals surface area contributed by atoms with Crippen molar-refractivity contribution in [2.75, 3.05) is 0 Å². The van der Waals surface area contributed by atoms with Gasteiger partial charge in [0.05, 0.1) is 0 Å². The van der Waals surface area contributed by atoms with Crippen molar-refractivity contribution in [2.24, 2.45) is 0 Å². The van der Waals surface area contributed by atoms with Gasteiger partial charge in [0.2, 0.25) is 0 Å². The number of rotatable bonds is 3. The average Bonchev–Trinajstić information content (AvgIpc) is 2.96. The van der Waals surface area contributed by atoms with Crippen molar-refractivity contribution in [1.82, 2.24) is 0 Å². The van der Waals surface area contributed by atoms with Gasteiger partial charge in [0, 0.05) is 0 Å². The Hall–Kier alpha value is -4.68. The molecule has 0 radical (unpaired) electrons. The molecule has 174 valence electrons. The van der Waals surface area contributed by atoms with Gasteiger partial charge < -0.3 is 0 Å². The van der Waals surface area contributed by atoms with E-state index < -0.39 is 0 Å². The monoisotopic (exact) mass is 470 g/mol. The molecule has 0 amide bonds. The summed E-state index contributed by atoms with van der Waals surface area (Å²) in [6.07, 6.45) is 0. The zero-order valence-corrected chi connectivity index (χ0v) is 20.8. The lowest BCUT2D eigenvalue weighted by molar-refractivity contribution is 1.47. The molecule has 0 atom stereocenters. The summed E-state index contributed by atoms with van der Waals surface area (Å²) >= 11 is 0. The Morgan fingerprint density at radius 2 is 0.784 bits per heavy atom. The zero-order valence-electron chi connectivity index (χ0n) is 20.8. The predicted octanol–water partition coefficient (Wildman–Crippen LogP) is 10.5. The van der Waals surface area contributed by atoms with Crippen molar-refractivity contribution in [3.8, 4) is 33.4 Å². The standard InChI is InChI=1S/C37H26/c1-25-12-11-15-27(24-25)28-22-23-35(30-17-6-5-16-29(28)30)37-33-20-9-7-18-31(33)36(26-13-3-2-4-14-26)32-19-8-10-21-34(32)37/h2-24H,1H3. The minimum atomic E-state index is 1.25. The lowest BCUT2D eigenvalue weighted by Crippen LogP contribution is -1.92. The number of aryl methyl sites for hydroxylation is 1. The molecule has 0 saturated carbocycles. The van der Waals surface area contributed by atoms with E-state index in [0.717, 1.165) is 0 Å². The molecule has 0 heterocycles. The molecule has 0 heteroatoms. The fourth-order valence-corrected chi connectivity index (χ4v) is 5.92. The Morgan fingerprint density at radius 1 is 0.324 bits per heavy atom. The van der Waals surface area contributed by atoms with Crippen LogP contribution < -0.4 is 0 Å². The average molecular weight is 471 g/mol. The van der Waals surface area contributed by atoms with Crippen LogP contribution in [-0.4, -0.2) is 0 Å². The molecule has 7 rings (SSSR count). The van der Waals surface area contributed by atoms with Gasteiger partial charge in [0.15, 0.2) is 0 Å². The summed E-state index contributed by atoms with van der Waals surface area (Å²) in [5.74, 6) is 0. The Kier molecular flexibility index (Phi) is 5.11. The van der Waals surface area contributed by atoms with Gasteiger partial charge in [0.25, 0.3) is 0 Å². The van der Waals surface area contributed by atoms with Crippen molar-refractivity contribution in [1.29, 1.82) is 0 Å². The van der Waals surface area contributed by atoms with Gasteiger partial charge in [-0.05, 0) is 72.6 Å². The second-order valence-electron chi connectivity index (χ2n) is 9.78. The van der Waals surface area contributed by atoms with Crippen LogP contribution in [0.15, 0.2) is 140 Å². The van der Waals surface area contributed by atoms with Crippen molar-refractivity contribution in [3.05, 3.63) is 145 Å². The molecular formula is C37H26. The SMILES string of the molecule is Cc1cccc(-c2ccc(-c3c4ccccc4c(-c4ccccc4)c4ccccc34)c3ccccc23)c1. The second-order valence-corrected chi connectivity index (χ2v) is 9.78. The minimum Gasteiger partial charge on any atom is -0.0622 e. The van der Waals surface area contributed by atoms with Gasteiger partial charge in [0.1, 0.15) is 0 Å². The van der Waals surface area contributed by atoms with Gasteiger partial charge in [-0.15, -0.1) is 0 Å². The number of fused-ring (bicyclic) bond motifs is 3. The molecule has 7 aromatic carbocycles. The minimum absolute atomic E-state index is 1.25. The van der Waals surface area contributed by atoms with E-state index >= 15 is 0 Å². The first kappa shape index (κ1) is 21.6. The van der Waals surface area contributed by atoms with E-state index in [1.165, 1.54) is 71.3 Å². The molecule has 0 saturated heterocycles. The van der Waals surface area contributed by atoms with E-state index in [4.69, 9.17) is 0 Å². The highest BCUT2D eigenvalue weighted by molar-refractivity contribution is 6.24. The smallest absolute Gasteiger partial charge is 0.00201 e. The van der Waals surface area contributed by atoms with Gasteiger partial charge in [-0.2, -0.15) is 0 Å². The summed E-state index contributed by atoms with van der Waals surface area (Å²) in [6.45, 7) is 2.16. The first-order valence-corrected chi connectivity index (χ1v) is 12.9. The molecule has 0 unspecified atom stereocenters. The van der Waals surface area contributed by atoms with Crippen LogP contribution in [-0.2, 0) is 0 Å². The first-order chi connectivity index (χ1) is 18.3. The predicted molar refractivity (Wildman–Crippen MR) is 160 cm³/mol. The molecule has 0 nitrogen and oxygen atoms in total. The molecule has 7 aromatic rings. The van der Waals surface area contributed by atoms with Gasteiger partial charge in [-0.1, -0.05) is 145 Å². The first-order valence-electron chi connectivity index (χ1n) is 12.9. The summed E-state index contributed by atoms with van der Waals surface area (Å²) in [5, 5.41) is 7.71. The van der Waals surface area contributed by atoms with E-state index in [1.54, 1.807) is 0 Å². The summed E-state index contributed by atoms with van der Waals surface area (Å²) in [7, 11) is 0. The Morgan fingerprint density at radius 3 is 1.38 bits per heavy atom. The zero-order chi connectivity index (χ0) is 24.8. The highest BCUT2D eigenvalue weighted by Crippen LogP contribution is 2.46. The van der Waals surface area contributed by atoms with Crippen LogP contribution in [0, 0.1) is 6.92 Å². The number of hydrogen-bond donors (Lipinski definition) is 0. The maximum atomic E-state index is 2.33. The van der Waals surface area contributed by atoms with Crippen molar-refractivity contribution in [3.63, 3.8) is 0 Å². The fraction of sp³-hybridized carbons (Fsp3) is 0.0270. The summed E-state index contributed by atoms with van der Waals surface area (Å²) in [6, 6.07) is 50.9. The topological polar surface area (TPSA) is 0 Å². The molecule has 0 fully saturated rings. The summed E-state index contributed by atoms with van der Waals surface area (Å²) in [5.41, 5.74) is 8.95. The molecular weight excluding hydrogens is 444 g/mol. The quantitative estimate of drug-likeness (QED) is 0.225. The maximum absolute atomic E-state index is 2.33. The molecule has 37 heavy (non-hydrogen) atoms. The van der Waals surface area contributed by atoms with Crippen LogP contribution in [0.5, 0.6) is 0 Å². The van der Waals surface area contributed by atoms with Crippen LogP contribution in [0.25, 0.3) is 65.7 Å². The van der Waals surface area contributed by atoms with Crippen molar-refractivity contribution < 1.29 is 0 Å². The molecule has 0 aromatic heterocycles. The van der Waals surface area contributed by atoms with Crippen LogP contribution in [0.2, 0.25) is 0 Å². The lowest BCUT2D eigenvalue weighted by atomic mass is 9.84. The third kappa shape index (κ3) is 3.53. The summed E-state index contributed by atoms with van der Waals surface area (Å²) < 4.78 is 0. The Balaban J connectivity index is 1.61. The van der Waals surface area contributed by atoms with Gasteiger partial charge in [-0.3, -0.25) is 0 Å². The number of hydrogen-bond acceptors (Lipinski definition) is 0. The Bertz CT molecular complexity index is 1870. The Labute approximate surface area is 217 Å². The van der Waals surface area contributed by atoms with Gasteiger partial charge >= 0.3 is 0 Å². The number of benzene rings is 7. The molecule has 0 aliphatic heterocycles. The van der Waals surface area contributed by atoms with Gasteiger partial charge in [-0.25, -0.2) is 0 Å². The van der Waals surface area contributed by atoms with Crippen molar-refractivity contribution in [2.45, 2.75) is 6.92 Å². The molecule has 0 aliphatic rings. The van der Waals surface area contributed by atoms with E-state index in [9.17, 15) is 0 Å². The van der Waals surface area contributed by atoms with Crippen LogP contribution in [0.3, 0.4) is 0 Å². The molecule has 0 aliphatic carbocycles. The largest absolute Gasteiger partial charge is 0.0622 e. The maximum Gasteiger partial charge on any atom is -0.00201 e. The fourth-order valence-electron chi connectivity index (χ4n) is 5.92. The third-order valence-electron chi connectivity index (χ3n) is 7.52. The van der Waals surface area contributed by atoms with E-state index in [2.05, 4.69) is 146 Å². The normalized spacial score (nSPS) is 11.4. The second kappa shape index (κ2) is 8.76. The third-order valence-corrected chi connectivity index (χ3v) is 7.52. The lowest BCUT2D eigenvalue weighted by Gasteiger charge is -2.19. The highest BCUT2D eigenvalue weighted by atomic mass is 14.2. The van der Waals surface area contributed by atoms with Crippen LogP contribution >= 0.6 is 0 Å². The van der Waals surface area contributed by atoms with E-state index in [1.807, 2.05) is 0 Å². The van der Waals surface area contributed by atoms with Crippen LogP contribution in [0.4, 0.5) is 0 Å². The molecule has 0 spiro atoms. The molecule has 0 N–H and O–H groups in total. The summed E-state index contributed by atoms with van der Waals surface area (Å²) in [4.78, 5) is 0. The van der Waals surface area contributed by atoms with Crippen LogP contribution in [0.1, 0.15) is 5.56 Å². The van der Waals surface area contributed by atoms with E-state index in [0.29, 0.717) is 0 Å². The van der Waals surface area contributed by atoms with Crippen molar-refractivity contribution >= 4 is 32.3 Å². The van der Waals surface area contributed by atoms with E-state index in [-0.39, 0.29) is 0 Å².